The van der Waals surface area contributed by atoms with Gasteiger partial charge >= 0.3 is 5.97 Å². The Kier molecular flexibility index (Phi) is 2.18. The molecule has 2 heteroatoms. The van der Waals surface area contributed by atoms with Crippen molar-refractivity contribution in [2.45, 2.75) is 26.2 Å². The van der Waals surface area contributed by atoms with Crippen molar-refractivity contribution in [3.8, 4) is 5.75 Å². The molecule has 0 spiro atoms. The van der Waals surface area contributed by atoms with Crippen molar-refractivity contribution in [1.82, 2.24) is 0 Å². The zero-order valence-corrected chi connectivity index (χ0v) is 9.99. The van der Waals surface area contributed by atoms with Gasteiger partial charge in [0.1, 0.15) is 5.75 Å². The van der Waals surface area contributed by atoms with Crippen LogP contribution in [0.4, 0.5) is 0 Å². The van der Waals surface area contributed by atoms with Crippen LogP contribution in [0, 0.1) is 0 Å². The number of benzene rings is 2. The van der Waals surface area contributed by atoms with Crippen LogP contribution in [-0.2, 0) is 0 Å². The molecule has 2 nitrogen and oxygen atoms in total. The van der Waals surface area contributed by atoms with E-state index in [0.717, 1.165) is 22.9 Å². The number of rotatable bonds is 2. The van der Waals surface area contributed by atoms with Gasteiger partial charge in [0.15, 0.2) is 0 Å². The van der Waals surface area contributed by atoms with E-state index in [4.69, 9.17) is 4.74 Å². The van der Waals surface area contributed by atoms with E-state index >= 15 is 0 Å². The summed E-state index contributed by atoms with van der Waals surface area (Å²) in [6, 6.07) is 9.94. The Balaban J connectivity index is 2.29. The summed E-state index contributed by atoms with van der Waals surface area (Å²) < 4.78 is 5.32. The first kappa shape index (κ1) is 10.3. The molecular weight excluding hydrogens is 212 g/mol. The van der Waals surface area contributed by atoms with Crippen LogP contribution >= 0.6 is 0 Å². The van der Waals surface area contributed by atoms with Crippen LogP contribution in [0.2, 0.25) is 0 Å². The molecular formula is C15H14O2. The summed E-state index contributed by atoms with van der Waals surface area (Å²) in [6.07, 6.45) is 1.08. The lowest BCUT2D eigenvalue weighted by Gasteiger charge is -2.10. The molecule has 0 saturated carbocycles. The first-order valence-corrected chi connectivity index (χ1v) is 5.99. The molecule has 0 saturated heterocycles. The quantitative estimate of drug-likeness (QED) is 0.573. The van der Waals surface area contributed by atoms with Crippen LogP contribution < -0.4 is 4.74 Å². The van der Waals surface area contributed by atoms with Gasteiger partial charge in [-0.2, -0.15) is 0 Å². The summed E-state index contributed by atoms with van der Waals surface area (Å²) in [7, 11) is 0. The summed E-state index contributed by atoms with van der Waals surface area (Å²) in [6.45, 7) is 4.35. The van der Waals surface area contributed by atoms with Crippen molar-refractivity contribution in [3.05, 3.63) is 41.5 Å². The molecule has 17 heavy (non-hydrogen) atoms. The lowest BCUT2D eigenvalue weighted by Crippen LogP contribution is -2.00. The zero-order valence-electron chi connectivity index (χ0n) is 9.99. The normalized spacial score (nSPS) is 15.1. The Hall–Kier alpha value is -1.83. The maximum absolute atomic E-state index is 11.7. The molecule has 0 bridgehead atoms. The van der Waals surface area contributed by atoms with Crippen LogP contribution in [0.3, 0.4) is 0 Å². The molecule has 0 aromatic heterocycles. The smallest absolute Gasteiger partial charge is 0.344 e. The average molecular weight is 226 g/mol. The third-order valence-corrected chi connectivity index (χ3v) is 3.57. The second-order valence-electron chi connectivity index (χ2n) is 4.62. The fraction of sp³-hybridized carbons (Fsp3) is 0.267. The molecule has 3 rings (SSSR count). The minimum absolute atomic E-state index is 0.230. The van der Waals surface area contributed by atoms with E-state index in [2.05, 4.69) is 19.9 Å². The van der Waals surface area contributed by atoms with Crippen molar-refractivity contribution >= 4 is 16.7 Å². The fourth-order valence-corrected chi connectivity index (χ4v) is 2.34. The van der Waals surface area contributed by atoms with Crippen molar-refractivity contribution in [3.63, 3.8) is 0 Å². The maximum Gasteiger partial charge on any atom is 0.344 e. The first-order chi connectivity index (χ1) is 8.20. The Morgan fingerprint density at radius 1 is 1.29 bits per heavy atom. The van der Waals surface area contributed by atoms with E-state index in [1.54, 1.807) is 0 Å². The highest BCUT2D eigenvalue weighted by Gasteiger charge is 2.24. The van der Waals surface area contributed by atoms with Crippen LogP contribution in [0.5, 0.6) is 5.75 Å². The highest BCUT2D eigenvalue weighted by Crippen LogP contribution is 2.38. The molecule has 86 valence electrons. The predicted octanol–water partition coefficient (Wildman–Crippen LogP) is 3.89. The van der Waals surface area contributed by atoms with Crippen molar-refractivity contribution in [1.29, 1.82) is 0 Å². The third-order valence-electron chi connectivity index (χ3n) is 3.57. The molecule has 0 fully saturated rings. The fourth-order valence-electron chi connectivity index (χ4n) is 2.34. The Labute approximate surface area is 100 Å². The number of carbonyl (C=O) groups is 1. The molecule has 1 unspecified atom stereocenters. The monoisotopic (exact) mass is 226 g/mol. The molecule has 2 aromatic carbocycles. The minimum Gasteiger partial charge on any atom is -0.422 e. The second kappa shape index (κ2) is 3.59. The van der Waals surface area contributed by atoms with E-state index < -0.39 is 0 Å². The molecule has 1 heterocycles. The molecule has 2 aromatic rings. The molecule has 0 N–H and O–H groups in total. The molecule has 1 aliphatic rings. The second-order valence-corrected chi connectivity index (χ2v) is 4.62. The zero-order chi connectivity index (χ0) is 12.0. The van der Waals surface area contributed by atoms with E-state index in [-0.39, 0.29) is 5.97 Å². The van der Waals surface area contributed by atoms with Gasteiger partial charge in [0, 0.05) is 5.39 Å². The Morgan fingerprint density at radius 3 is 2.88 bits per heavy atom. The number of hydrogen-bond donors (Lipinski definition) is 0. The molecule has 0 amide bonds. The summed E-state index contributed by atoms with van der Waals surface area (Å²) in [4.78, 5) is 11.7. The largest absolute Gasteiger partial charge is 0.422 e. The topological polar surface area (TPSA) is 26.3 Å². The minimum atomic E-state index is -0.230. The van der Waals surface area contributed by atoms with Gasteiger partial charge in [-0.25, -0.2) is 4.79 Å². The number of ether oxygens (including phenoxy) is 1. The van der Waals surface area contributed by atoms with Gasteiger partial charge in [0.05, 0.1) is 5.56 Å². The summed E-state index contributed by atoms with van der Waals surface area (Å²) in [5, 5.41) is 2.06. The van der Waals surface area contributed by atoms with Gasteiger partial charge in [-0.1, -0.05) is 32.0 Å². The van der Waals surface area contributed by atoms with Gasteiger partial charge in [-0.3, -0.25) is 0 Å². The predicted molar refractivity (Wildman–Crippen MR) is 67.6 cm³/mol. The molecule has 0 radical (unpaired) electrons. The summed E-state index contributed by atoms with van der Waals surface area (Å²) in [5.74, 6) is 0.976. The van der Waals surface area contributed by atoms with Crippen LogP contribution in [0.25, 0.3) is 10.8 Å². The lowest BCUT2D eigenvalue weighted by atomic mass is 9.94. The van der Waals surface area contributed by atoms with Crippen LogP contribution in [-0.4, -0.2) is 5.97 Å². The van der Waals surface area contributed by atoms with Gasteiger partial charge in [0.25, 0.3) is 0 Å². The highest BCUT2D eigenvalue weighted by atomic mass is 16.5. The SMILES string of the molecule is CCC(C)c1cc2c3c(cccc3c1)C(=O)O2. The van der Waals surface area contributed by atoms with Crippen molar-refractivity contribution in [2.24, 2.45) is 0 Å². The van der Waals surface area contributed by atoms with Gasteiger partial charge in [-0.05, 0) is 35.4 Å². The first-order valence-electron chi connectivity index (χ1n) is 5.99. The van der Waals surface area contributed by atoms with Gasteiger partial charge < -0.3 is 4.74 Å². The van der Waals surface area contributed by atoms with Gasteiger partial charge in [0.2, 0.25) is 0 Å². The number of carbonyl (C=O) groups excluding carboxylic acids is 1. The number of esters is 1. The summed E-state index contributed by atoms with van der Waals surface area (Å²) >= 11 is 0. The van der Waals surface area contributed by atoms with Crippen molar-refractivity contribution in [2.75, 3.05) is 0 Å². The average Bonchev–Trinajstić information content (AvgIpc) is 2.67. The molecule has 1 aliphatic heterocycles. The molecule has 0 aliphatic carbocycles. The standard InChI is InChI=1S/C15H14O2/c1-3-9(2)11-7-10-5-4-6-12-14(10)13(8-11)17-15(12)16/h4-9H,3H2,1-2H3. The van der Waals surface area contributed by atoms with Crippen LogP contribution in [0.15, 0.2) is 30.3 Å². The van der Waals surface area contributed by atoms with Crippen molar-refractivity contribution < 1.29 is 9.53 Å². The van der Waals surface area contributed by atoms with E-state index in [9.17, 15) is 4.79 Å². The Bertz CT molecular complexity index is 614. The third kappa shape index (κ3) is 1.44. The summed E-state index contributed by atoms with van der Waals surface area (Å²) in [5.41, 5.74) is 1.93. The Morgan fingerprint density at radius 2 is 2.12 bits per heavy atom. The van der Waals surface area contributed by atoms with Crippen LogP contribution in [0.1, 0.15) is 42.1 Å². The van der Waals surface area contributed by atoms with E-state index in [0.29, 0.717) is 11.5 Å². The maximum atomic E-state index is 11.7. The van der Waals surface area contributed by atoms with Gasteiger partial charge in [-0.15, -0.1) is 0 Å². The number of hydrogen-bond acceptors (Lipinski definition) is 2. The molecule has 1 atom stereocenters. The highest BCUT2D eigenvalue weighted by molar-refractivity contribution is 6.12. The van der Waals surface area contributed by atoms with E-state index in [1.807, 2.05) is 24.3 Å². The lowest BCUT2D eigenvalue weighted by molar-refractivity contribution is 0.0754. The van der Waals surface area contributed by atoms with E-state index in [1.165, 1.54) is 5.56 Å².